The molecule has 43 heavy (non-hydrogen) atoms. The van der Waals surface area contributed by atoms with Crippen molar-refractivity contribution in [1.82, 2.24) is 24.7 Å². The second-order valence-corrected chi connectivity index (χ2v) is 12.5. The molecule has 6 rings (SSSR count). The summed E-state index contributed by atoms with van der Waals surface area (Å²) in [6.45, 7) is 5.06. The van der Waals surface area contributed by atoms with E-state index < -0.39 is 17.7 Å². The van der Waals surface area contributed by atoms with Gasteiger partial charge in [0.25, 0.3) is 5.56 Å². The summed E-state index contributed by atoms with van der Waals surface area (Å²) in [7, 11) is 0. The minimum Gasteiger partial charge on any atom is -0.324 e. The lowest BCUT2D eigenvalue weighted by molar-refractivity contribution is 0.0204. The molecule has 1 aromatic heterocycles. The Labute approximate surface area is 251 Å². The number of rotatable bonds is 6. The molecule has 3 aliphatic rings. The number of piperidine rings is 2. The molecule has 228 valence electrons. The van der Waals surface area contributed by atoms with Crippen LogP contribution in [-0.2, 0) is 6.54 Å². The topological polar surface area (TPSA) is 70.5 Å². The van der Waals surface area contributed by atoms with Crippen molar-refractivity contribution < 1.29 is 13.6 Å². The molecule has 1 aliphatic carbocycles. The van der Waals surface area contributed by atoms with E-state index >= 15 is 4.39 Å². The van der Waals surface area contributed by atoms with Crippen LogP contribution in [0.2, 0.25) is 0 Å². The van der Waals surface area contributed by atoms with Gasteiger partial charge in [0.05, 0.1) is 18.1 Å². The summed E-state index contributed by atoms with van der Waals surface area (Å²) in [4.78, 5) is 35.6. The minimum atomic E-state index is -0.536. The first kappa shape index (κ1) is 29.5. The van der Waals surface area contributed by atoms with Gasteiger partial charge in [-0.2, -0.15) is 0 Å². The third-order valence-corrected chi connectivity index (χ3v) is 10.0. The Morgan fingerprint density at radius 3 is 2.58 bits per heavy atom. The number of aromatic nitrogens is 2. The number of hydrogen-bond donors (Lipinski definition) is 1. The molecule has 1 saturated carbocycles. The number of amides is 2. The second-order valence-electron chi connectivity index (χ2n) is 12.5. The Balaban J connectivity index is 1.21. The summed E-state index contributed by atoms with van der Waals surface area (Å²) in [5, 5.41) is 3.44. The molecule has 1 spiro atoms. The van der Waals surface area contributed by atoms with Crippen LogP contribution in [-0.4, -0.2) is 57.6 Å². The van der Waals surface area contributed by atoms with E-state index in [-0.39, 0.29) is 34.5 Å². The fourth-order valence-corrected chi connectivity index (χ4v) is 7.78. The summed E-state index contributed by atoms with van der Waals surface area (Å²) >= 11 is 0. The monoisotopic (exact) mass is 589 g/mol. The van der Waals surface area contributed by atoms with E-state index in [1.807, 2.05) is 42.2 Å². The highest BCUT2D eigenvalue weighted by Gasteiger charge is 2.48. The number of carbonyl (C=O) groups excluding carboxylic acids is 1. The smallest absolute Gasteiger partial charge is 0.320 e. The van der Waals surface area contributed by atoms with E-state index in [0.717, 1.165) is 62.8 Å². The van der Waals surface area contributed by atoms with Gasteiger partial charge >= 0.3 is 6.03 Å². The summed E-state index contributed by atoms with van der Waals surface area (Å²) in [6.07, 6.45) is 7.98. The van der Waals surface area contributed by atoms with Crippen molar-refractivity contribution >= 4 is 6.03 Å². The largest absolute Gasteiger partial charge is 0.324 e. The first-order chi connectivity index (χ1) is 20.9. The van der Waals surface area contributed by atoms with E-state index in [0.29, 0.717) is 38.3 Å². The van der Waals surface area contributed by atoms with Crippen molar-refractivity contribution in [3.05, 3.63) is 88.5 Å². The van der Waals surface area contributed by atoms with E-state index in [1.54, 1.807) is 21.9 Å². The lowest BCUT2D eigenvalue weighted by Gasteiger charge is -2.49. The molecule has 0 radical (unpaired) electrons. The van der Waals surface area contributed by atoms with Gasteiger partial charge in [-0.1, -0.05) is 50.1 Å². The van der Waals surface area contributed by atoms with Crippen LogP contribution >= 0.6 is 0 Å². The lowest BCUT2D eigenvalue weighted by atomic mass is 9.69. The molecule has 3 atom stereocenters. The predicted molar refractivity (Wildman–Crippen MR) is 162 cm³/mol. The van der Waals surface area contributed by atoms with Gasteiger partial charge in [0, 0.05) is 49.4 Å². The van der Waals surface area contributed by atoms with E-state index in [4.69, 9.17) is 0 Å². The molecule has 0 unspecified atom stereocenters. The fourth-order valence-electron chi connectivity index (χ4n) is 7.78. The average molecular weight is 590 g/mol. The number of halogens is 2. The van der Waals surface area contributed by atoms with Gasteiger partial charge in [0.1, 0.15) is 11.6 Å². The minimum absolute atomic E-state index is 0.0657. The molecule has 1 N–H and O–H groups in total. The van der Waals surface area contributed by atoms with Crippen LogP contribution in [0.3, 0.4) is 0 Å². The zero-order valence-corrected chi connectivity index (χ0v) is 24.9. The Morgan fingerprint density at radius 1 is 1.05 bits per heavy atom. The first-order valence-electron chi connectivity index (χ1n) is 15.7. The van der Waals surface area contributed by atoms with Crippen LogP contribution in [0.5, 0.6) is 0 Å². The molecule has 9 heteroatoms. The van der Waals surface area contributed by atoms with Crippen molar-refractivity contribution in [1.29, 1.82) is 0 Å². The highest BCUT2D eigenvalue weighted by Crippen LogP contribution is 2.49. The molecule has 7 nitrogen and oxygen atoms in total. The van der Waals surface area contributed by atoms with Gasteiger partial charge < -0.3 is 15.1 Å². The third-order valence-electron chi connectivity index (χ3n) is 10.0. The van der Waals surface area contributed by atoms with Crippen molar-refractivity contribution in [2.75, 3.05) is 26.2 Å². The predicted octanol–water partition coefficient (Wildman–Crippen LogP) is 6.01. The maximum absolute atomic E-state index is 15.0. The van der Waals surface area contributed by atoms with Crippen LogP contribution in [0.25, 0.3) is 11.3 Å². The molecule has 3 fully saturated rings. The zero-order valence-electron chi connectivity index (χ0n) is 24.9. The van der Waals surface area contributed by atoms with Crippen LogP contribution < -0.4 is 10.9 Å². The summed E-state index contributed by atoms with van der Waals surface area (Å²) in [5.41, 5.74) is 1.68. The SMILES string of the molecule is CCN[C@@H]1CCN(C(=O)N2CC[C@@H](Cn3cnc(-c4ccccc4)cc3=O)C3(CCCC3)C2)[C@H](c2cc(F)ccc2F)C1. The van der Waals surface area contributed by atoms with E-state index in [2.05, 4.69) is 10.3 Å². The number of likely N-dealkylation sites (tertiary alicyclic amines) is 2. The molecular weight excluding hydrogens is 548 g/mol. The average Bonchev–Trinajstić information content (AvgIpc) is 3.49. The standard InChI is InChI=1S/C34H41F2N5O2/c1-2-37-27-13-17-41(31(19-27)28-18-26(35)10-11-29(28)36)33(43)39-16-12-25(34(22-39)14-6-7-15-34)21-40-23-38-30(20-32(40)42)24-8-4-3-5-9-24/h3-5,8-11,18,20,23,25,27,31,37H,2,6-7,12-17,19,21-22H2,1H3/t25-,27+,31-/m0/s1. The molecule has 2 aliphatic heterocycles. The highest BCUT2D eigenvalue weighted by molar-refractivity contribution is 5.75. The highest BCUT2D eigenvalue weighted by atomic mass is 19.1. The van der Waals surface area contributed by atoms with Crippen LogP contribution in [0.4, 0.5) is 13.6 Å². The number of nitrogens with zero attached hydrogens (tertiary/aromatic N) is 4. The molecule has 0 bridgehead atoms. The van der Waals surface area contributed by atoms with Crippen LogP contribution in [0.15, 0.2) is 65.7 Å². The maximum Gasteiger partial charge on any atom is 0.320 e. The van der Waals surface area contributed by atoms with Crippen LogP contribution in [0, 0.1) is 23.0 Å². The molecular formula is C34H41F2N5O2. The zero-order chi connectivity index (χ0) is 30.0. The number of hydrogen-bond acceptors (Lipinski definition) is 4. The number of nitrogens with one attached hydrogen (secondary N) is 1. The Bertz CT molecular complexity index is 1490. The quantitative estimate of drug-likeness (QED) is 0.383. The molecule has 3 heterocycles. The van der Waals surface area contributed by atoms with Gasteiger partial charge in [-0.15, -0.1) is 0 Å². The number of carbonyl (C=O) groups is 1. The molecule has 2 saturated heterocycles. The van der Waals surface area contributed by atoms with Gasteiger partial charge in [-0.05, 0) is 68.2 Å². The number of benzene rings is 2. The summed E-state index contributed by atoms with van der Waals surface area (Å²) < 4.78 is 31.0. The van der Waals surface area contributed by atoms with Crippen molar-refractivity contribution in [2.45, 2.75) is 70.5 Å². The van der Waals surface area contributed by atoms with Gasteiger partial charge in [0.2, 0.25) is 0 Å². The van der Waals surface area contributed by atoms with Gasteiger partial charge in [-0.25, -0.2) is 18.6 Å². The van der Waals surface area contributed by atoms with E-state index in [9.17, 15) is 14.0 Å². The van der Waals surface area contributed by atoms with Gasteiger partial charge in [-0.3, -0.25) is 9.36 Å². The van der Waals surface area contributed by atoms with Crippen molar-refractivity contribution in [2.24, 2.45) is 11.3 Å². The first-order valence-corrected chi connectivity index (χ1v) is 15.7. The Kier molecular flexibility index (Phi) is 8.61. The summed E-state index contributed by atoms with van der Waals surface area (Å²) in [5.74, 6) is -0.733. The molecule has 2 amide bonds. The Hall–Kier alpha value is -3.59. The summed E-state index contributed by atoms with van der Waals surface area (Å²) in [6, 6.07) is 14.3. The molecule has 3 aromatic rings. The fraction of sp³-hybridized carbons (Fsp3) is 0.500. The second kappa shape index (κ2) is 12.6. The number of urea groups is 1. The molecule has 2 aromatic carbocycles. The van der Waals surface area contributed by atoms with Crippen molar-refractivity contribution in [3.8, 4) is 11.3 Å². The van der Waals surface area contributed by atoms with Crippen LogP contribution in [0.1, 0.15) is 63.5 Å². The maximum atomic E-state index is 15.0. The van der Waals surface area contributed by atoms with Gasteiger partial charge in [0.15, 0.2) is 0 Å². The van der Waals surface area contributed by atoms with Crippen molar-refractivity contribution in [3.63, 3.8) is 0 Å². The van der Waals surface area contributed by atoms with E-state index in [1.165, 1.54) is 6.07 Å². The lowest BCUT2D eigenvalue weighted by Crippen LogP contribution is -2.57. The third kappa shape index (κ3) is 6.09. The normalized spacial score (nSPS) is 23.6. The Morgan fingerprint density at radius 2 is 1.84 bits per heavy atom.